The van der Waals surface area contributed by atoms with Crippen molar-refractivity contribution in [2.24, 2.45) is 0 Å². The summed E-state index contributed by atoms with van der Waals surface area (Å²) in [5, 5.41) is 4.17. The van der Waals surface area contributed by atoms with E-state index >= 15 is 0 Å². The fourth-order valence-corrected chi connectivity index (χ4v) is 5.26. The molecule has 6 heteroatoms. The summed E-state index contributed by atoms with van der Waals surface area (Å²) in [5.74, 6) is 0.957. The molecule has 1 N–H and O–H groups in total. The Hall–Kier alpha value is -3.83. The van der Waals surface area contributed by atoms with Crippen LogP contribution in [0.5, 0.6) is 0 Å². The first-order chi connectivity index (χ1) is 17.5. The highest BCUT2D eigenvalue weighted by Gasteiger charge is 2.24. The monoisotopic (exact) mass is 494 g/mol. The molecule has 0 saturated heterocycles. The van der Waals surface area contributed by atoms with Gasteiger partial charge in [0.2, 0.25) is 0 Å². The number of anilines is 2. The fourth-order valence-electron chi connectivity index (χ4n) is 5.06. The molecule has 0 saturated carbocycles. The zero-order valence-corrected chi connectivity index (χ0v) is 20.9. The molecule has 6 rings (SSSR count). The summed E-state index contributed by atoms with van der Waals surface area (Å²) in [6.07, 6.45) is 1.90. The molecule has 2 aliphatic heterocycles. The topological polar surface area (TPSA) is 48.5 Å². The SMILES string of the molecule is Cc1ccc(Cl)cc1CN1CCNc2ncc(-c3ccc(C(=O)N4Cc5ccccc5C4)cc3)cc21. The molecule has 2 aliphatic rings. The minimum Gasteiger partial charge on any atom is -0.367 e. The standard InChI is InChI=1S/C30H27ClN4O/c1-20-6-11-27(31)14-26(20)19-34-13-12-32-29-28(34)15-25(16-33-29)21-7-9-22(10-8-21)30(36)35-17-23-4-2-3-5-24(23)18-35/h2-11,14-16H,12-13,17-19H2,1H3,(H,32,33). The lowest BCUT2D eigenvalue weighted by molar-refractivity contribution is 0.0751. The lowest BCUT2D eigenvalue weighted by Gasteiger charge is -2.32. The van der Waals surface area contributed by atoms with Crippen LogP contribution in [0.4, 0.5) is 11.5 Å². The molecule has 0 unspecified atom stereocenters. The van der Waals surface area contributed by atoms with E-state index in [1.165, 1.54) is 22.3 Å². The predicted octanol–water partition coefficient (Wildman–Crippen LogP) is 6.30. The normalized spacial score (nSPS) is 14.3. The van der Waals surface area contributed by atoms with E-state index in [1.54, 1.807) is 0 Å². The van der Waals surface area contributed by atoms with Crippen LogP contribution in [0.2, 0.25) is 5.02 Å². The Kier molecular flexibility index (Phi) is 5.86. The first kappa shape index (κ1) is 22.6. The summed E-state index contributed by atoms with van der Waals surface area (Å²) < 4.78 is 0. The highest BCUT2D eigenvalue weighted by atomic mass is 35.5. The first-order valence-electron chi connectivity index (χ1n) is 12.3. The maximum absolute atomic E-state index is 13.1. The van der Waals surface area contributed by atoms with Crippen LogP contribution in [0, 0.1) is 6.92 Å². The molecule has 0 fully saturated rings. The molecule has 0 spiro atoms. The molecule has 4 aromatic rings. The van der Waals surface area contributed by atoms with Crippen molar-refractivity contribution >= 4 is 29.0 Å². The number of rotatable bonds is 4. The van der Waals surface area contributed by atoms with Gasteiger partial charge >= 0.3 is 0 Å². The molecule has 1 amide bonds. The average molecular weight is 495 g/mol. The van der Waals surface area contributed by atoms with Gasteiger partial charge in [0.1, 0.15) is 5.82 Å². The predicted molar refractivity (Wildman–Crippen MR) is 145 cm³/mol. The molecule has 3 aromatic carbocycles. The summed E-state index contributed by atoms with van der Waals surface area (Å²) >= 11 is 6.27. The average Bonchev–Trinajstić information content (AvgIpc) is 3.35. The number of fused-ring (bicyclic) bond motifs is 2. The molecular weight excluding hydrogens is 468 g/mol. The molecule has 0 aliphatic carbocycles. The largest absolute Gasteiger partial charge is 0.367 e. The second-order valence-corrected chi connectivity index (χ2v) is 9.95. The van der Waals surface area contributed by atoms with Crippen molar-refractivity contribution < 1.29 is 4.79 Å². The molecule has 0 radical (unpaired) electrons. The second kappa shape index (κ2) is 9.32. The van der Waals surface area contributed by atoms with Gasteiger partial charge in [-0.2, -0.15) is 0 Å². The summed E-state index contributed by atoms with van der Waals surface area (Å²) in [6, 6.07) is 24.4. The summed E-state index contributed by atoms with van der Waals surface area (Å²) in [6.45, 7) is 5.96. The van der Waals surface area contributed by atoms with Crippen LogP contribution >= 0.6 is 11.6 Å². The third-order valence-electron chi connectivity index (χ3n) is 7.15. The molecule has 3 heterocycles. The molecule has 0 atom stereocenters. The third kappa shape index (κ3) is 4.31. The van der Waals surface area contributed by atoms with Crippen molar-refractivity contribution in [2.75, 3.05) is 23.3 Å². The zero-order valence-electron chi connectivity index (χ0n) is 20.2. The Morgan fingerprint density at radius 2 is 1.72 bits per heavy atom. The van der Waals surface area contributed by atoms with Crippen LogP contribution in [-0.4, -0.2) is 28.9 Å². The third-order valence-corrected chi connectivity index (χ3v) is 7.38. The zero-order chi connectivity index (χ0) is 24.6. The number of pyridine rings is 1. The number of amides is 1. The van der Waals surface area contributed by atoms with Crippen LogP contribution < -0.4 is 10.2 Å². The van der Waals surface area contributed by atoms with Crippen molar-refractivity contribution in [1.82, 2.24) is 9.88 Å². The Balaban J connectivity index is 1.23. The molecule has 180 valence electrons. The van der Waals surface area contributed by atoms with E-state index in [0.717, 1.165) is 47.3 Å². The van der Waals surface area contributed by atoms with Crippen LogP contribution in [0.15, 0.2) is 79.0 Å². The molecular formula is C30H27ClN4O. The summed E-state index contributed by atoms with van der Waals surface area (Å²) in [5.41, 5.74) is 8.75. The van der Waals surface area contributed by atoms with Crippen molar-refractivity contribution in [1.29, 1.82) is 0 Å². The van der Waals surface area contributed by atoms with Gasteiger partial charge in [-0.25, -0.2) is 4.98 Å². The Morgan fingerprint density at radius 3 is 2.47 bits per heavy atom. The molecule has 0 bridgehead atoms. The van der Waals surface area contributed by atoms with E-state index in [9.17, 15) is 4.79 Å². The quantitative estimate of drug-likeness (QED) is 0.362. The number of nitrogens with one attached hydrogen (secondary N) is 1. The lowest BCUT2D eigenvalue weighted by atomic mass is 10.0. The lowest BCUT2D eigenvalue weighted by Crippen LogP contribution is -2.34. The first-order valence-corrected chi connectivity index (χ1v) is 12.6. The van der Waals surface area contributed by atoms with Gasteiger partial charge in [-0.05, 0) is 65.1 Å². The minimum absolute atomic E-state index is 0.0635. The smallest absolute Gasteiger partial charge is 0.254 e. The maximum atomic E-state index is 13.1. The maximum Gasteiger partial charge on any atom is 0.254 e. The summed E-state index contributed by atoms with van der Waals surface area (Å²) in [7, 11) is 0. The minimum atomic E-state index is 0.0635. The van der Waals surface area contributed by atoms with E-state index in [-0.39, 0.29) is 5.91 Å². The van der Waals surface area contributed by atoms with Gasteiger partial charge in [0.15, 0.2) is 0 Å². The highest BCUT2D eigenvalue weighted by molar-refractivity contribution is 6.30. The van der Waals surface area contributed by atoms with Gasteiger partial charge in [0.05, 0.1) is 5.69 Å². The van der Waals surface area contributed by atoms with Gasteiger partial charge in [-0.15, -0.1) is 0 Å². The molecule has 5 nitrogen and oxygen atoms in total. The summed E-state index contributed by atoms with van der Waals surface area (Å²) in [4.78, 5) is 22.1. The van der Waals surface area contributed by atoms with E-state index in [2.05, 4.69) is 41.4 Å². The number of carbonyl (C=O) groups is 1. The van der Waals surface area contributed by atoms with Crippen molar-refractivity contribution in [3.63, 3.8) is 0 Å². The van der Waals surface area contributed by atoms with E-state index in [0.29, 0.717) is 18.7 Å². The van der Waals surface area contributed by atoms with Gasteiger partial charge < -0.3 is 15.1 Å². The highest BCUT2D eigenvalue weighted by Crippen LogP contribution is 2.34. The van der Waals surface area contributed by atoms with Crippen molar-refractivity contribution in [3.8, 4) is 11.1 Å². The van der Waals surface area contributed by atoms with E-state index < -0.39 is 0 Å². The number of hydrogen-bond acceptors (Lipinski definition) is 4. The van der Waals surface area contributed by atoms with Crippen molar-refractivity contribution in [3.05, 3.63) is 112 Å². The van der Waals surface area contributed by atoms with E-state index in [1.807, 2.05) is 59.6 Å². The van der Waals surface area contributed by atoms with Crippen LogP contribution in [0.25, 0.3) is 11.1 Å². The van der Waals surface area contributed by atoms with Crippen LogP contribution in [0.1, 0.15) is 32.6 Å². The fraction of sp³-hybridized carbons (Fsp3) is 0.200. The van der Waals surface area contributed by atoms with Gasteiger partial charge in [-0.3, -0.25) is 4.79 Å². The number of hydrogen-bond donors (Lipinski definition) is 1. The number of carbonyl (C=O) groups excluding carboxylic acids is 1. The second-order valence-electron chi connectivity index (χ2n) is 9.52. The molecule has 36 heavy (non-hydrogen) atoms. The Morgan fingerprint density at radius 1 is 0.972 bits per heavy atom. The van der Waals surface area contributed by atoms with E-state index in [4.69, 9.17) is 16.6 Å². The molecule has 1 aromatic heterocycles. The number of benzene rings is 3. The van der Waals surface area contributed by atoms with Gasteiger partial charge in [0.25, 0.3) is 5.91 Å². The van der Waals surface area contributed by atoms with Crippen LogP contribution in [0.3, 0.4) is 0 Å². The van der Waals surface area contributed by atoms with Gasteiger partial charge in [-0.1, -0.05) is 54.1 Å². The van der Waals surface area contributed by atoms with Gasteiger partial charge in [0, 0.05) is 55.1 Å². The number of nitrogens with zero attached hydrogens (tertiary/aromatic N) is 3. The number of halogens is 1. The van der Waals surface area contributed by atoms with Crippen molar-refractivity contribution in [2.45, 2.75) is 26.6 Å². The van der Waals surface area contributed by atoms with Crippen LogP contribution in [-0.2, 0) is 19.6 Å². The number of aryl methyl sites for hydroxylation is 1. The Labute approximate surface area is 216 Å². The Bertz CT molecular complexity index is 1430. The number of aromatic nitrogens is 1.